The van der Waals surface area contributed by atoms with Gasteiger partial charge in [0, 0.05) is 6.42 Å². The van der Waals surface area contributed by atoms with Gasteiger partial charge in [-0.15, -0.1) is 0 Å². The third kappa shape index (κ3) is 43.2. The first-order valence-corrected chi connectivity index (χ1v) is 22.6. The van der Waals surface area contributed by atoms with Crippen LogP contribution in [-0.2, 0) is 9.53 Å². The molecular weight excluding hydrogens is 585 g/mol. The summed E-state index contributed by atoms with van der Waals surface area (Å²) in [6.45, 7) is 5.21. The lowest BCUT2D eigenvalue weighted by Gasteiger charge is -2.06. The minimum absolute atomic E-state index is 0.0206. The second-order valence-corrected chi connectivity index (χ2v) is 15.4. The quantitative estimate of drug-likeness (QED) is 0.0366. The standard InChI is InChI=1S/C46H90O2/c1-3-5-7-9-11-13-15-17-19-20-21-22-23-24-25-26-27-28-29-31-33-35-37-39-41-43-45-48-46(47)44-42-40-38-36-34-32-30-18-16-14-12-10-8-6-4-2/h18,30H,3-17,19-29,31-45H2,1-2H3/b30-18-. The number of rotatable bonds is 42. The third-order valence-corrected chi connectivity index (χ3v) is 10.4. The molecule has 0 fully saturated rings. The molecule has 0 aliphatic heterocycles. The normalized spacial score (nSPS) is 11.6. The third-order valence-electron chi connectivity index (χ3n) is 10.4. The van der Waals surface area contributed by atoms with E-state index in [1.54, 1.807) is 0 Å². The first kappa shape index (κ1) is 47.2. The maximum atomic E-state index is 12.0. The number of esters is 1. The van der Waals surface area contributed by atoms with Crippen molar-refractivity contribution in [1.29, 1.82) is 0 Å². The molecule has 0 amide bonds. The molecule has 48 heavy (non-hydrogen) atoms. The summed E-state index contributed by atoms with van der Waals surface area (Å²) >= 11 is 0. The van der Waals surface area contributed by atoms with Gasteiger partial charge in [0.1, 0.15) is 0 Å². The summed E-state index contributed by atoms with van der Waals surface area (Å²) in [5, 5.41) is 0. The maximum Gasteiger partial charge on any atom is 0.305 e. The molecule has 0 saturated carbocycles. The molecule has 2 nitrogen and oxygen atoms in total. The highest BCUT2D eigenvalue weighted by Gasteiger charge is 2.03. The monoisotopic (exact) mass is 675 g/mol. The molecule has 0 bridgehead atoms. The maximum absolute atomic E-state index is 12.0. The van der Waals surface area contributed by atoms with E-state index in [-0.39, 0.29) is 5.97 Å². The number of hydrogen-bond donors (Lipinski definition) is 0. The summed E-state index contributed by atoms with van der Waals surface area (Å²) in [7, 11) is 0. The first-order chi connectivity index (χ1) is 23.8. The van der Waals surface area contributed by atoms with Crippen LogP contribution >= 0.6 is 0 Å². The van der Waals surface area contributed by atoms with Crippen molar-refractivity contribution in [3.63, 3.8) is 0 Å². The molecule has 286 valence electrons. The Morgan fingerprint density at radius 2 is 0.583 bits per heavy atom. The van der Waals surface area contributed by atoms with Crippen molar-refractivity contribution in [3.8, 4) is 0 Å². The molecule has 0 aromatic rings. The summed E-state index contributed by atoms with van der Waals surface area (Å²) in [6, 6.07) is 0. The summed E-state index contributed by atoms with van der Waals surface area (Å²) in [5.74, 6) is 0.0206. The van der Waals surface area contributed by atoms with Gasteiger partial charge >= 0.3 is 5.97 Å². The molecule has 0 saturated heterocycles. The summed E-state index contributed by atoms with van der Waals surface area (Å²) < 4.78 is 5.47. The van der Waals surface area contributed by atoms with E-state index >= 15 is 0 Å². The van der Waals surface area contributed by atoms with Crippen LogP contribution in [0, 0.1) is 0 Å². The van der Waals surface area contributed by atoms with Gasteiger partial charge in [-0.05, 0) is 38.5 Å². The van der Waals surface area contributed by atoms with Gasteiger partial charge in [0.2, 0.25) is 0 Å². The van der Waals surface area contributed by atoms with E-state index in [1.807, 2.05) is 0 Å². The van der Waals surface area contributed by atoms with Crippen LogP contribution in [0.3, 0.4) is 0 Å². The Hall–Kier alpha value is -0.790. The van der Waals surface area contributed by atoms with Crippen molar-refractivity contribution in [1.82, 2.24) is 0 Å². The first-order valence-electron chi connectivity index (χ1n) is 22.6. The number of hydrogen-bond acceptors (Lipinski definition) is 2. The van der Waals surface area contributed by atoms with Crippen molar-refractivity contribution in [2.24, 2.45) is 0 Å². The average Bonchev–Trinajstić information content (AvgIpc) is 3.09. The van der Waals surface area contributed by atoms with E-state index in [2.05, 4.69) is 26.0 Å². The number of allylic oxidation sites excluding steroid dienone is 2. The lowest BCUT2D eigenvalue weighted by molar-refractivity contribution is -0.143. The molecule has 0 aliphatic carbocycles. The van der Waals surface area contributed by atoms with Gasteiger partial charge in [0.05, 0.1) is 6.61 Å². The van der Waals surface area contributed by atoms with Crippen LogP contribution < -0.4 is 0 Å². The highest BCUT2D eigenvalue weighted by molar-refractivity contribution is 5.69. The lowest BCUT2D eigenvalue weighted by atomic mass is 10.0. The second kappa shape index (κ2) is 44.2. The van der Waals surface area contributed by atoms with E-state index in [4.69, 9.17) is 4.74 Å². The molecule has 0 heterocycles. The topological polar surface area (TPSA) is 26.3 Å². The molecule has 0 rings (SSSR count). The molecule has 2 heteroatoms. The van der Waals surface area contributed by atoms with E-state index in [1.165, 1.54) is 231 Å². The molecule has 0 N–H and O–H groups in total. The molecule has 0 aliphatic rings. The zero-order valence-electron chi connectivity index (χ0n) is 33.5. The molecule has 0 atom stereocenters. The minimum atomic E-state index is 0.0206. The molecule has 0 spiro atoms. The van der Waals surface area contributed by atoms with Crippen LogP contribution in [0.25, 0.3) is 0 Å². The zero-order chi connectivity index (χ0) is 34.7. The number of ether oxygens (including phenoxy) is 1. The van der Waals surface area contributed by atoms with Gasteiger partial charge in [-0.2, -0.15) is 0 Å². The largest absolute Gasteiger partial charge is 0.466 e. The molecule has 0 radical (unpaired) electrons. The van der Waals surface area contributed by atoms with Gasteiger partial charge in [-0.1, -0.05) is 238 Å². The highest BCUT2D eigenvalue weighted by Crippen LogP contribution is 2.16. The Balaban J connectivity index is 3.16. The fourth-order valence-corrected chi connectivity index (χ4v) is 7.02. The van der Waals surface area contributed by atoms with Gasteiger partial charge in [-0.3, -0.25) is 4.79 Å². The Morgan fingerprint density at radius 1 is 0.333 bits per heavy atom. The second-order valence-electron chi connectivity index (χ2n) is 15.4. The summed E-state index contributed by atoms with van der Waals surface area (Å²) in [6.07, 6.45) is 59.0. The minimum Gasteiger partial charge on any atom is -0.466 e. The van der Waals surface area contributed by atoms with Crippen molar-refractivity contribution < 1.29 is 9.53 Å². The molecular formula is C46H90O2. The Kier molecular flexibility index (Phi) is 43.5. The Bertz CT molecular complexity index is 611. The van der Waals surface area contributed by atoms with Crippen molar-refractivity contribution in [2.45, 2.75) is 271 Å². The van der Waals surface area contributed by atoms with Crippen LogP contribution in [0.4, 0.5) is 0 Å². The van der Waals surface area contributed by atoms with E-state index in [0.29, 0.717) is 13.0 Å². The van der Waals surface area contributed by atoms with Gasteiger partial charge in [0.25, 0.3) is 0 Å². The lowest BCUT2D eigenvalue weighted by Crippen LogP contribution is -2.05. The van der Waals surface area contributed by atoms with Crippen molar-refractivity contribution in [2.75, 3.05) is 6.61 Å². The van der Waals surface area contributed by atoms with Gasteiger partial charge in [0.15, 0.2) is 0 Å². The number of carbonyl (C=O) groups is 1. The zero-order valence-corrected chi connectivity index (χ0v) is 33.5. The van der Waals surface area contributed by atoms with Crippen LogP contribution in [0.1, 0.15) is 271 Å². The van der Waals surface area contributed by atoms with E-state index in [0.717, 1.165) is 19.3 Å². The predicted octanol–water partition coefficient (Wildman–Crippen LogP) is 16.7. The molecule has 0 unspecified atom stereocenters. The van der Waals surface area contributed by atoms with Gasteiger partial charge in [-0.25, -0.2) is 0 Å². The van der Waals surface area contributed by atoms with E-state index < -0.39 is 0 Å². The predicted molar refractivity (Wildman–Crippen MR) is 216 cm³/mol. The van der Waals surface area contributed by atoms with Crippen LogP contribution in [0.5, 0.6) is 0 Å². The molecule has 0 aromatic heterocycles. The summed E-state index contributed by atoms with van der Waals surface area (Å²) in [4.78, 5) is 12.0. The van der Waals surface area contributed by atoms with Crippen molar-refractivity contribution >= 4 is 5.97 Å². The van der Waals surface area contributed by atoms with Crippen LogP contribution in [0.15, 0.2) is 12.2 Å². The summed E-state index contributed by atoms with van der Waals surface area (Å²) in [5.41, 5.74) is 0. The van der Waals surface area contributed by atoms with Crippen LogP contribution in [0.2, 0.25) is 0 Å². The van der Waals surface area contributed by atoms with Crippen LogP contribution in [-0.4, -0.2) is 12.6 Å². The Labute approximate surface area is 304 Å². The highest BCUT2D eigenvalue weighted by atomic mass is 16.5. The Morgan fingerprint density at radius 3 is 0.896 bits per heavy atom. The fourth-order valence-electron chi connectivity index (χ4n) is 7.02. The smallest absolute Gasteiger partial charge is 0.305 e. The molecule has 0 aromatic carbocycles. The van der Waals surface area contributed by atoms with Crippen molar-refractivity contribution in [3.05, 3.63) is 12.2 Å². The fraction of sp³-hybridized carbons (Fsp3) is 0.935. The average molecular weight is 675 g/mol. The number of unbranched alkanes of at least 4 members (excludes halogenated alkanes) is 36. The van der Waals surface area contributed by atoms with Gasteiger partial charge < -0.3 is 4.74 Å². The van der Waals surface area contributed by atoms with E-state index in [9.17, 15) is 4.79 Å². The SMILES string of the molecule is CCCCCCCC/C=C\CCCCCCCC(=O)OCCCCCCCCCCCCCCCCCCCCCCCCCCCC. The number of carbonyl (C=O) groups excluding carboxylic acids is 1.